The second kappa shape index (κ2) is 7.27. The summed E-state index contributed by atoms with van der Waals surface area (Å²) in [5.74, 6) is 3.08. The van der Waals surface area contributed by atoms with E-state index in [9.17, 15) is 0 Å². The van der Waals surface area contributed by atoms with Crippen molar-refractivity contribution in [1.82, 2.24) is 9.97 Å². The zero-order chi connectivity index (χ0) is 17.9. The van der Waals surface area contributed by atoms with Crippen molar-refractivity contribution in [2.75, 3.05) is 29.3 Å². The van der Waals surface area contributed by atoms with Crippen molar-refractivity contribution < 1.29 is 9.47 Å². The zero-order valence-electron chi connectivity index (χ0n) is 15.1. The van der Waals surface area contributed by atoms with E-state index in [2.05, 4.69) is 27.1 Å². The maximum atomic E-state index is 6.41. The molecule has 0 aliphatic carbocycles. The topological polar surface area (TPSA) is 85.5 Å². The SMILES string of the molecule is CCC1CCCCN1c1ncnc(NCc2ccc3c(c2)OCO3)c1N. The summed E-state index contributed by atoms with van der Waals surface area (Å²) in [6, 6.07) is 6.41. The van der Waals surface area contributed by atoms with Gasteiger partial charge in [0.15, 0.2) is 23.1 Å². The summed E-state index contributed by atoms with van der Waals surface area (Å²) >= 11 is 0. The molecular formula is C19H25N5O2. The molecule has 2 aliphatic heterocycles. The van der Waals surface area contributed by atoms with Crippen LogP contribution in [0.5, 0.6) is 11.5 Å². The lowest BCUT2D eigenvalue weighted by atomic mass is 10.00. The Kier molecular flexibility index (Phi) is 4.69. The molecule has 0 amide bonds. The van der Waals surface area contributed by atoms with E-state index >= 15 is 0 Å². The van der Waals surface area contributed by atoms with E-state index in [1.807, 2.05) is 18.2 Å². The summed E-state index contributed by atoms with van der Waals surface area (Å²) in [5.41, 5.74) is 8.11. The molecule has 2 aromatic rings. The summed E-state index contributed by atoms with van der Waals surface area (Å²) in [6.07, 6.45) is 6.34. The number of fused-ring (bicyclic) bond motifs is 1. The van der Waals surface area contributed by atoms with Gasteiger partial charge in [0.2, 0.25) is 6.79 Å². The Labute approximate surface area is 153 Å². The molecule has 1 unspecified atom stereocenters. The third-order valence-electron chi connectivity index (χ3n) is 5.13. The van der Waals surface area contributed by atoms with Gasteiger partial charge in [0, 0.05) is 19.1 Å². The lowest BCUT2D eigenvalue weighted by Crippen LogP contribution is -2.40. The molecule has 138 valence electrons. The van der Waals surface area contributed by atoms with Gasteiger partial charge in [-0.2, -0.15) is 0 Å². The minimum atomic E-state index is 0.281. The van der Waals surface area contributed by atoms with E-state index in [-0.39, 0.29) is 6.79 Å². The van der Waals surface area contributed by atoms with Gasteiger partial charge >= 0.3 is 0 Å². The van der Waals surface area contributed by atoms with Crippen LogP contribution in [0.1, 0.15) is 38.2 Å². The van der Waals surface area contributed by atoms with Gasteiger partial charge in [-0.25, -0.2) is 9.97 Å². The number of hydrogen-bond donors (Lipinski definition) is 2. The molecule has 0 spiro atoms. The largest absolute Gasteiger partial charge is 0.454 e. The first-order valence-corrected chi connectivity index (χ1v) is 9.25. The number of anilines is 3. The number of nitrogens with one attached hydrogen (secondary N) is 1. The van der Waals surface area contributed by atoms with E-state index in [0.717, 1.165) is 35.8 Å². The molecule has 0 saturated carbocycles. The lowest BCUT2D eigenvalue weighted by molar-refractivity contribution is 0.174. The van der Waals surface area contributed by atoms with Crippen molar-refractivity contribution in [3.05, 3.63) is 30.1 Å². The van der Waals surface area contributed by atoms with Crippen LogP contribution in [0.4, 0.5) is 17.3 Å². The van der Waals surface area contributed by atoms with Crippen molar-refractivity contribution in [1.29, 1.82) is 0 Å². The van der Waals surface area contributed by atoms with Crippen LogP contribution in [0, 0.1) is 0 Å². The number of nitrogens with two attached hydrogens (primary N) is 1. The smallest absolute Gasteiger partial charge is 0.231 e. The third-order valence-corrected chi connectivity index (χ3v) is 5.13. The van der Waals surface area contributed by atoms with Crippen molar-refractivity contribution in [2.24, 2.45) is 0 Å². The maximum Gasteiger partial charge on any atom is 0.231 e. The Morgan fingerprint density at radius 1 is 1.23 bits per heavy atom. The summed E-state index contributed by atoms with van der Waals surface area (Å²) in [7, 11) is 0. The highest BCUT2D eigenvalue weighted by Gasteiger charge is 2.25. The molecule has 0 bridgehead atoms. The normalized spacial score (nSPS) is 18.8. The number of nitrogen functional groups attached to an aromatic ring is 1. The quantitative estimate of drug-likeness (QED) is 0.852. The standard InChI is InChI=1S/C19H25N5O2/c1-2-14-5-3-4-8-24(14)19-17(20)18(22-11-23-19)21-10-13-6-7-15-16(9-13)26-12-25-15/h6-7,9,11,14H,2-5,8,10,12,20H2,1H3,(H,21,22,23). The van der Waals surface area contributed by atoms with Crippen molar-refractivity contribution in [3.63, 3.8) is 0 Å². The second-order valence-corrected chi connectivity index (χ2v) is 6.75. The Morgan fingerprint density at radius 2 is 2.12 bits per heavy atom. The third kappa shape index (κ3) is 3.21. The van der Waals surface area contributed by atoms with Gasteiger partial charge in [0.05, 0.1) is 0 Å². The first-order valence-electron chi connectivity index (χ1n) is 9.25. The predicted molar refractivity (Wildman–Crippen MR) is 102 cm³/mol. The molecule has 26 heavy (non-hydrogen) atoms. The van der Waals surface area contributed by atoms with Crippen molar-refractivity contribution in [2.45, 2.75) is 45.2 Å². The van der Waals surface area contributed by atoms with Gasteiger partial charge in [-0.1, -0.05) is 13.0 Å². The zero-order valence-corrected chi connectivity index (χ0v) is 15.1. The number of benzene rings is 1. The Hall–Kier alpha value is -2.70. The summed E-state index contributed by atoms with van der Waals surface area (Å²) < 4.78 is 10.8. The minimum Gasteiger partial charge on any atom is -0.454 e. The fourth-order valence-electron chi connectivity index (χ4n) is 3.70. The summed E-state index contributed by atoms with van der Waals surface area (Å²) in [6.45, 7) is 4.11. The molecule has 1 fully saturated rings. The van der Waals surface area contributed by atoms with Gasteiger partial charge < -0.3 is 25.4 Å². The highest BCUT2D eigenvalue weighted by atomic mass is 16.7. The highest BCUT2D eigenvalue weighted by Crippen LogP contribution is 2.34. The molecular weight excluding hydrogens is 330 g/mol. The average molecular weight is 355 g/mol. The molecule has 0 radical (unpaired) electrons. The van der Waals surface area contributed by atoms with E-state index in [1.165, 1.54) is 19.3 Å². The fraction of sp³-hybridized carbons (Fsp3) is 0.474. The van der Waals surface area contributed by atoms with Crippen LogP contribution in [-0.4, -0.2) is 29.3 Å². The van der Waals surface area contributed by atoms with E-state index in [4.69, 9.17) is 15.2 Å². The molecule has 1 atom stereocenters. The molecule has 7 heteroatoms. The van der Waals surface area contributed by atoms with Crippen molar-refractivity contribution >= 4 is 17.3 Å². The molecule has 7 nitrogen and oxygen atoms in total. The summed E-state index contributed by atoms with van der Waals surface area (Å²) in [4.78, 5) is 11.2. The van der Waals surface area contributed by atoms with Crippen LogP contribution < -0.4 is 25.4 Å². The van der Waals surface area contributed by atoms with Gasteiger partial charge in [-0.3, -0.25) is 0 Å². The van der Waals surface area contributed by atoms with Crippen molar-refractivity contribution in [3.8, 4) is 11.5 Å². The second-order valence-electron chi connectivity index (χ2n) is 6.75. The molecule has 3 heterocycles. The number of hydrogen-bond acceptors (Lipinski definition) is 7. The predicted octanol–water partition coefficient (Wildman–Crippen LogP) is 3.17. The van der Waals surface area contributed by atoms with Crippen LogP contribution in [0.25, 0.3) is 0 Å². The van der Waals surface area contributed by atoms with Gasteiger partial charge in [-0.05, 0) is 43.4 Å². The van der Waals surface area contributed by atoms with E-state index in [0.29, 0.717) is 24.1 Å². The number of aromatic nitrogens is 2. The Morgan fingerprint density at radius 3 is 3.00 bits per heavy atom. The average Bonchev–Trinajstić information content (AvgIpc) is 3.15. The van der Waals surface area contributed by atoms with Gasteiger partial charge in [0.25, 0.3) is 0 Å². The van der Waals surface area contributed by atoms with Gasteiger partial charge in [-0.15, -0.1) is 0 Å². The first kappa shape index (κ1) is 16.8. The van der Waals surface area contributed by atoms with Crippen LogP contribution in [0.2, 0.25) is 0 Å². The number of rotatable bonds is 5. The monoisotopic (exact) mass is 355 g/mol. The Balaban J connectivity index is 1.50. The molecule has 2 aliphatic rings. The molecule has 1 aromatic heterocycles. The molecule has 3 N–H and O–H groups in total. The van der Waals surface area contributed by atoms with Gasteiger partial charge in [0.1, 0.15) is 12.0 Å². The van der Waals surface area contributed by atoms with Crippen LogP contribution in [0.3, 0.4) is 0 Å². The number of ether oxygens (including phenoxy) is 2. The summed E-state index contributed by atoms with van der Waals surface area (Å²) in [5, 5.41) is 3.33. The Bertz CT molecular complexity index is 783. The first-order chi connectivity index (χ1) is 12.8. The maximum absolute atomic E-state index is 6.41. The fourth-order valence-corrected chi connectivity index (χ4v) is 3.70. The highest BCUT2D eigenvalue weighted by molar-refractivity contribution is 5.75. The van der Waals surface area contributed by atoms with Crippen LogP contribution >= 0.6 is 0 Å². The van der Waals surface area contributed by atoms with E-state index < -0.39 is 0 Å². The number of nitrogens with zero attached hydrogens (tertiary/aromatic N) is 3. The lowest BCUT2D eigenvalue weighted by Gasteiger charge is -2.36. The van der Waals surface area contributed by atoms with Crippen LogP contribution in [0.15, 0.2) is 24.5 Å². The minimum absolute atomic E-state index is 0.281. The molecule has 4 rings (SSSR count). The van der Waals surface area contributed by atoms with Crippen LogP contribution in [-0.2, 0) is 6.54 Å². The number of piperidine rings is 1. The molecule has 1 aromatic carbocycles. The van der Waals surface area contributed by atoms with E-state index in [1.54, 1.807) is 6.33 Å². The molecule has 1 saturated heterocycles.